The summed E-state index contributed by atoms with van der Waals surface area (Å²) in [5, 5.41) is 4.18. The van der Waals surface area contributed by atoms with Gasteiger partial charge in [0.15, 0.2) is 17.3 Å². The number of benzene rings is 1. The van der Waals surface area contributed by atoms with Crippen molar-refractivity contribution in [3.8, 4) is 11.5 Å². The van der Waals surface area contributed by atoms with E-state index in [9.17, 15) is 18.0 Å². The summed E-state index contributed by atoms with van der Waals surface area (Å²) in [6.45, 7) is 4.16. The van der Waals surface area contributed by atoms with Crippen molar-refractivity contribution in [3.05, 3.63) is 35.2 Å². The van der Waals surface area contributed by atoms with Crippen LogP contribution in [0.2, 0.25) is 0 Å². The molecule has 29 heavy (non-hydrogen) atoms. The molecule has 1 amide bonds. The Morgan fingerprint density at radius 1 is 1.14 bits per heavy atom. The number of fused-ring (bicyclic) bond motifs is 1. The van der Waals surface area contributed by atoms with Gasteiger partial charge in [-0.1, -0.05) is 0 Å². The molecule has 2 aromatic rings. The second kappa shape index (κ2) is 7.86. The van der Waals surface area contributed by atoms with Gasteiger partial charge in [0.1, 0.15) is 18.9 Å². The summed E-state index contributed by atoms with van der Waals surface area (Å²) in [7, 11) is -2.22. The molecule has 1 aromatic heterocycles. The molecule has 1 aliphatic rings. The van der Waals surface area contributed by atoms with Crippen molar-refractivity contribution in [1.82, 2.24) is 9.78 Å². The minimum atomic E-state index is -3.89. The molecule has 156 valence electrons. The van der Waals surface area contributed by atoms with Crippen LogP contribution >= 0.6 is 0 Å². The molecular weight excluding hydrogens is 398 g/mol. The second-order valence-corrected chi connectivity index (χ2v) is 8.68. The first-order valence-electron chi connectivity index (χ1n) is 9.05. The molecule has 3 rings (SSSR count). The Balaban J connectivity index is 1.78. The van der Waals surface area contributed by atoms with Gasteiger partial charge in [-0.05, 0) is 32.0 Å². The van der Waals surface area contributed by atoms with Crippen molar-refractivity contribution >= 4 is 27.4 Å². The number of Topliss-reactive ketones (excluding diaryl/α,β-unsaturated/α-hetero) is 1. The first kappa shape index (κ1) is 20.8. The Bertz CT molecular complexity index is 1070. The maximum absolute atomic E-state index is 12.8. The van der Waals surface area contributed by atoms with Gasteiger partial charge in [-0.15, -0.1) is 0 Å². The molecular formula is C19H23N3O6S. The number of rotatable bonds is 6. The minimum absolute atomic E-state index is 0.136. The maximum Gasteiger partial charge on any atom is 0.241 e. The lowest BCUT2D eigenvalue weighted by atomic mass is 10.1. The third-order valence-corrected chi connectivity index (χ3v) is 5.71. The number of amides is 1. The Morgan fingerprint density at radius 3 is 2.38 bits per heavy atom. The van der Waals surface area contributed by atoms with Gasteiger partial charge in [0.05, 0.1) is 17.6 Å². The van der Waals surface area contributed by atoms with Crippen LogP contribution in [0.1, 0.15) is 34.6 Å². The number of nitrogens with zero attached hydrogens (tertiary/aromatic N) is 3. The highest BCUT2D eigenvalue weighted by Gasteiger charge is 2.30. The first-order chi connectivity index (χ1) is 13.6. The quantitative estimate of drug-likeness (QED) is 0.654. The fraction of sp³-hybridized carbons (Fsp3) is 0.421. The van der Waals surface area contributed by atoms with E-state index in [0.717, 1.165) is 10.6 Å². The molecule has 0 unspecified atom stereocenters. The van der Waals surface area contributed by atoms with Gasteiger partial charge in [-0.3, -0.25) is 14.3 Å². The molecule has 0 saturated carbocycles. The number of aryl methyl sites for hydroxylation is 2. The lowest BCUT2D eigenvalue weighted by Crippen LogP contribution is -2.37. The van der Waals surface area contributed by atoms with Crippen molar-refractivity contribution in [3.63, 3.8) is 0 Å². The zero-order valence-corrected chi connectivity index (χ0v) is 17.6. The zero-order valence-electron chi connectivity index (χ0n) is 16.8. The SMILES string of the molecule is Cc1nn(C)c(C)c1N(C(=O)CCC(=O)c1ccc2c(c1)OCCO2)S(C)(=O)=O. The van der Waals surface area contributed by atoms with Gasteiger partial charge in [-0.2, -0.15) is 5.10 Å². The van der Waals surface area contributed by atoms with Gasteiger partial charge < -0.3 is 9.47 Å². The molecule has 1 aromatic carbocycles. The Kier molecular flexibility index (Phi) is 5.65. The second-order valence-electron chi connectivity index (χ2n) is 6.85. The maximum atomic E-state index is 12.8. The van der Waals surface area contributed by atoms with Gasteiger partial charge in [0.25, 0.3) is 0 Å². The number of carbonyl (C=O) groups is 2. The van der Waals surface area contributed by atoms with Crippen LogP contribution in [0.3, 0.4) is 0 Å². The summed E-state index contributed by atoms with van der Waals surface area (Å²) < 4.78 is 37.8. The van der Waals surface area contributed by atoms with Gasteiger partial charge >= 0.3 is 0 Å². The van der Waals surface area contributed by atoms with Gasteiger partial charge in [-0.25, -0.2) is 12.7 Å². The van der Waals surface area contributed by atoms with Gasteiger partial charge in [0, 0.05) is 25.5 Å². The Morgan fingerprint density at radius 2 is 1.79 bits per heavy atom. The highest BCUT2D eigenvalue weighted by Crippen LogP contribution is 2.31. The molecule has 0 fully saturated rings. The molecule has 0 atom stereocenters. The average Bonchev–Trinajstić information content (AvgIpc) is 2.91. The molecule has 1 aliphatic heterocycles. The van der Waals surface area contributed by atoms with E-state index < -0.39 is 15.9 Å². The normalized spacial score (nSPS) is 13.2. The van der Waals surface area contributed by atoms with Crippen LogP contribution < -0.4 is 13.8 Å². The average molecular weight is 421 g/mol. The summed E-state index contributed by atoms with van der Waals surface area (Å²) in [4.78, 5) is 25.3. The van der Waals surface area contributed by atoms with Gasteiger partial charge in [0.2, 0.25) is 15.9 Å². The summed E-state index contributed by atoms with van der Waals surface area (Å²) in [6, 6.07) is 4.82. The number of carbonyl (C=O) groups excluding carboxylic acids is 2. The van der Waals surface area contributed by atoms with Crippen LogP contribution in [-0.2, 0) is 21.9 Å². The number of hydrogen-bond acceptors (Lipinski definition) is 7. The van der Waals surface area contributed by atoms with Crippen molar-refractivity contribution in [2.75, 3.05) is 23.8 Å². The third-order valence-electron chi connectivity index (χ3n) is 4.66. The van der Waals surface area contributed by atoms with E-state index in [1.807, 2.05) is 0 Å². The van der Waals surface area contributed by atoms with Crippen LogP contribution in [0.15, 0.2) is 18.2 Å². The number of sulfonamides is 1. The standard InChI is InChI=1S/C19H23N3O6S/c1-12-19(13(2)21(3)20-12)22(29(4,25)26)18(24)8-6-15(23)14-5-7-16-17(11-14)28-10-9-27-16/h5,7,11H,6,8-10H2,1-4H3. The largest absolute Gasteiger partial charge is 0.486 e. The molecule has 0 N–H and O–H groups in total. The number of hydrogen-bond donors (Lipinski definition) is 0. The van der Waals surface area contributed by atoms with E-state index >= 15 is 0 Å². The van der Waals surface area contributed by atoms with Crippen LogP contribution in [-0.4, -0.2) is 49.4 Å². The van der Waals surface area contributed by atoms with Crippen molar-refractivity contribution in [2.45, 2.75) is 26.7 Å². The fourth-order valence-electron chi connectivity index (χ4n) is 3.21. The topological polar surface area (TPSA) is 108 Å². The van der Waals surface area contributed by atoms with E-state index in [1.165, 1.54) is 4.68 Å². The summed E-state index contributed by atoms with van der Waals surface area (Å²) in [5.41, 5.74) is 1.56. The fourth-order valence-corrected chi connectivity index (χ4v) is 4.27. The molecule has 10 heteroatoms. The van der Waals surface area contributed by atoms with Crippen LogP contribution in [0.4, 0.5) is 5.69 Å². The van der Waals surface area contributed by atoms with E-state index in [-0.39, 0.29) is 24.3 Å². The number of ether oxygens (including phenoxy) is 2. The van der Waals surface area contributed by atoms with Crippen molar-refractivity contribution in [2.24, 2.45) is 7.05 Å². The van der Waals surface area contributed by atoms with Crippen molar-refractivity contribution < 1.29 is 27.5 Å². The van der Waals surface area contributed by atoms with E-state index in [2.05, 4.69) is 5.10 Å². The van der Waals surface area contributed by atoms with E-state index in [4.69, 9.17) is 9.47 Å². The minimum Gasteiger partial charge on any atom is -0.486 e. The predicted octanol–water partition coefficient (Wildman–Crippen LogP) is 1.76. The molecule has 0 aliphatic carbocycles. The molecule has 9 nitrogen and oxygen atoms in total. The number of aromatic nitrogens is 2. The molecule has 0 saturated heterocycles. The molecule has 0 radical (unpaired) electrons. The van der Waals surface area contributed by atoms with Crippen LogP contribution in [0.5, 0.6) is 11.5 Å². The number of anilines is 1. The Hall–Kier alpha value is -2.88. The highest BCUT2D eigenvalue weighted by molar-refractivity contribution is 7.92. The van der Waals surface area contributed by atoms with Crippen LogP contribution in [0, 0.1) is 13.8 Å². The molecule has 0 bridgehead atoms. The Labute approximate surface area is 169 Å². The third kappa shape index (κ3) is 4.26. The lowest BCUT2D eigenvalue weighted by molar-refractivity contribution is -0.117. The predicted molar refractivity (Wildman–Crippen MR) is 106 cm³/mol. The zero-order chi connectivity index (χ0) is 21.3. The van der Waals surface area contributed by atoms with E-state index in [1.54, 1.807) is 39.1 Å². The lowest BCUT2D eigenvalue weighted by Gasteiger charge is -2.21. The monoisotopic (exact) mass is 421 g/mol. The van der Waals surface area contributed by atoms with Crippen molar-refractivity contribution in [1.29, 1.82) is 0 Å². The molecule has 2 heterocycles. The summed E-state index contributed by atoms with van der Waals surface area (Å²) >= 11 is 0. The number of ketones is 1. The smallest absolute Gasteiger partial charge is 0.241 e. The molecule has 0 spiro atoms. The summed E-state index contributed by atoms with van der Waals surface area (Å²) in [5.74, 6) is 0.0726. The first-order valence-corrected chi connectivity index (χ1v) is 10.9. The summed E-state index contributed by atoms with van der Waals surface area (Å²) in [6.07, 6.45) is 0.566. The van der Waals surface area contributed by atoms with E-state index in [0.29, 0.717) is 41.7 Å². The highest BCUT2D eigenvalue weighted by atomic mass is 32.2. The van der Waals surface area contributed by atoms with Crippen LogP contribution in [0.25, 0.3) is 0 Å².